The first-order valence-electron chi connectivity index (χ1n) is 6.40. The van der Waals surface area contributed by atoms with Crippen LogP contribution in [0.3, 0.4) is 0 Å². The second-order valence-electron chi connectivity index (χ2n) is 4.37. The Kier molecular flexibility index (Phi) is 6.21. The van der Waals surface area contributed by atoms with E-state index in [0.29, 0.717) is 12.9 Å². The number of aldehydes is 1. The second kappa shape index (κ2) is 7.48. The fourth-order valence-corrected chi connectivity index (χ4v) is 1.93. The molecule has 0 atom stereocenters. The third-order valence-electron chi connectivity index (χ3n) is 2.51. The van der Waals surface area contributed by atoms with Gasteiger partial charge in [-0.25, -0.2) is 0 Å². The minimum Gasteiger partial charge on any atom is -0.493 e. The molecular weight excluding hydrogens is 325 g/mol. The summed E-state index contributed by atoms with van der Waals surface area (Å²) in [5.74, 6) is -0.414. The summed E-state index contributed by atoms with van der Waals surface area (Å²) in [7, 11) is -5.77. The zero-order valence-corrected chi connectivity index (χ0v) is 12.5. The first-order valence-corrected chi connectivity index (χ1v) is 7.81. The summed E-state index contributed by atoms with van der Waals surface area (Å²) in [5, 5.41) is 0. The molecule has 22 heavy (non-hydrogen) atoms. The van der Waals surface area contributed by atoms with Gasteiger partial charge in [0.15, 0.2) is 0 Å². The Bertz CT molecular complexity index is 611. The Hall–Kier alpha value is -1.77. The van der Waals surface area contributed by atoms with Crippen molar-refractivity contribution in [1.29, 1.82) is 0 Å². The van der Waals surface area contributed by atoms with E-state index in [4.69, 9.17) is 4.74 Å². The highest BCUT2D eigenvalue weighted by Crippen LogP contribution is 2.30. The van der Waals surface area contributed by atoms with Crippen molar-refractivity contribution < 1.29 is 35.3 Å². The highest BCUT2D eigenvalue weighted by Gasteiger charge is 2.48. The van der Waals surface area contributed by atoms with Gasteiger partial charge < -0.3 is 13.7 Å². The third-order valence-corrected chi connectivity index (χ3v) is 3.49. The first kappa shape index (κ1) is 18.3. The molecule has 0 aliphatic heterocycles. The van der Waals surface area contributed by atoms with Crippen LogP contribution in [0, 0.1) is 0 Å². The number of unbranched alkanes of at least 4 members (excludes halogenated alkanes) is 1. The van der Waals surface area contributed by atoms with Gasteiger partial charge in [0.25, 0.3) is 0 Å². The molecule has 0 bridgehead atoms. The SMILES string of the molecule is CCCCOc1cc(CC=O)cc(OS(=O)(=O)C(F)(F)F)c1. The van der Waals surface area contributed by atoms with Crippen molar-refractivity contribution in [1.82, 2.24) is 0 Å². The summed E-state index contributed by atoms with van der Waals surface area (Å²) in [4.78, 5) is 10.5. The molecule has 0 heterocycles. The Morgan fingerprint density at radius 2 is 1.82 bits per heavy atom. The van der Waals surface area contributed by atoms with Gasteiger partial charge >= 0.3 is 15.6 Å². The monoisotopic (exact) mass is 340 g/mol. The van der Waals surface area contributed by atoms with Crippen LogP contribution in [0.2, 0.25) is 0 Å². The van der Waals surface area contributed by atoms with E-state index in [1.807, 2.05) is 6.92 Å². The maximum absolute atomic E-state index is 12.3. The largest absolute Gasteiger partial charge is 0.534 e. The third kappa shape index (κ3) is 5.21. The lowest BCUT2D eigenvalue weighted by molar-refractivity contribution is -0.107. The predicted octanol–water partition coefficient (Wildman–Crippen LogP) is 2.84. The van der Waals surface area contributed by atoms with Crippen LogP contribution in [0.5, 0.6) is 11.5 Å². The number of hydrogen-bond acceptors (Lipinski definition) is 5. The van der Waals surface area contributed by atoms with Crippen molar-refractivity contribution in [3.05, 3.63) is 23.8 Å². The summed E-state index contributed by atoms with van der Waals surface area (Å²) < 4.78 is 68.3. The molecule has 0 unspecified atom stereocenters. The van der Waals surface area contributed by atoms with Crippen LogP contribution >= 0.6 is 0 Å². The predicted molar refractivity (Wildman–Crippen MR) is 72.2 cm³/mol. The van der Waals surface area contributed by atoms with Gasteiger partial charge in [0.2, 0.25) is 0 Å². The zero-order chi connectivity index (χ0) is 16.8. The topological polar surface area (TPSA) is 69.7 Å². The molecule has 1 rings (SSSR count). The summed E-state index contributed by atoms with van der Waals surface area (Å²) in [6, 6.07) is 3.52. The molecule has 0 spiro atoms. The van der Waals surface area contributed by atoms with Crippen LogP contribution < -0.4 is 8.92 Å². The fraction of sp³-hybridized carbons (Fsp3) is 0.462. The smallest absolute Gasteiger partial charge is 0.493 e. The van der Waals surface area contributed by atoms with E-state index in [1.54, 1.807) is 0 Å². The Labute approximate surface area is 126 Å². The number of halogens is 3. The van der Waals surface area contributed by atoms with Gasteiger partial charge in [-0.15, -0.1) is 0 Å². The van der Waals surface area contributed by atoms with Gasteiger partial charge in [0, 0.05) is 12.5 Å². The summed E-state index contributed by atoms with van der Waals surface area (Å²) in [6.07, 6.45) is 2.00. The minimum atomic E-state index is -5.77. The Morgan fingerprint density at radius 1 is 1.18 bits per heavy atom. The van der Waals surface area contributed by atoms with Gasteiger partial charge in [-0.3, -0.25) is 0 Å². The Balaban J connectivity index is 3.05. The van der Waals surface area contributed by atoms with Crippen molar-refractivity contribution >= 4 is 16.4 Å². The van der Waals surface area contributed by atoms with Crippen molar-refractivity contribution in [2.75, 3.05) is 6.61 Å². The molecule has 0 radical (unpaired) electrons. The van der Waals surface area contributed by atoms with E-state index in [9.17, 15) is 26.4 Å². The van der Waals surface area contributed by atoms with E-state index >= 15 is 0 Å². The lowest BCUT2D eigenvalue weighted by Crippen LogP contribution is -2.28. The molecule has 5 nitrogen and oxygen atoms in total. The van der Waals surface area contributed by atoms with E-state index in [-0.39, 0.29) is 17.7 Å². The number of hydrogen-bond donors (Lipinski definition) is 0. The van der Waals surface area contributed by atoms with Crippen LogP contribution in [-0.2, 0) is 21.3 Å². The molecule has 0 aromatic heterocycles. The summed E-state index contributed by atoms with van der Waals surface area (Å²) in [6.45, 7) is 2.24. The molecule has 0 aliphatic rings. The number of alkyl halides is 3. The minimum absolute atomic E-state index is 0.104. The molecule has 1 aromatic rings. The first-order chi connectivity index (χ1) is 10.2. The number of carbonyl (C=O) groups excluding carboxylic acids is 1. The van der Waals surface area contributed by atoms with Crippen molar-refractivity contribution in [3.63, 3.8) is 0 Å². The fourth-order valence-electron chi connectivity index (χ4n) is 1.48. The molecule has 1 aromatic carbocycles. The van der Waals surface area contributed by atoms with Crippen LogP contribution in [-0.4, -0.2) is 26.8 Å². The summed E-state index contributed by atoms with van der Waals surface area (Å²) >= 11 is 0. The summed E-state index contributed by atoms with van der Waals surface area (Å²) in [5.41, 5.74) is -5.24. The van der Waals surface area contributed by atoms with E-state index in [0.717, 1.165) is 25.0 Å². The van der Waals surface area contributed by atoms with Crippen LogP contribution in [0.1, 0.15) is 25.3 Å². The number of ether oxygens (including phenoxy) is 1. The highest BCUT2D eigenvalue weighted by molar-refractivity contribution is 7.88. The van der Waals surface area contributed by atoms with Crippen molar-refractivity contribution in [2.24, 2.45) is 0 Å². The van der Waals surface area contributed by atoms with Gasteiger partial charge in [-0.2, -0.15) is 21.6 Å². The molecular formula is C13H15F3O5S. The molecule has 0 aliphatic carbocycles. The van der Waals surface area contributed by atoms with Crippen molar-refractivity contribution in [3.8, 4) is 11.5 Å². The maximum Gasteiger partial charge on any atom is 0.534 e. The van der Waals surface area contributed by atoms with Gasteiger partial charge in [0.05, 0.1) is 6.61 Å². The van der Waals surface area contributed by atoms with E-state index < -0.39 is 21.4 Å². The molecule has 0 N–H and O–H groups in total. The maximum atomic E-state index is 12.3. The van der Waals surface area contributed by atoms with Crippen LogP contribution in [0.15, 0.2) is 18.2 Å². The Morgan fingerprint density at radius 3 is 2.36 bits per heavy atom. The van der Waals surface area contributed by atoms with Crippen LogP contribution in [0.4, 0.5) is 13.2 Å². The average molecular weight is 340 g/mol. The van der Waals surface area contributed by atoms with Crippen LogP contribution in [0.25, 0.3) is 0 Å². The zero-order valence-electron chi connectivity index (χ0n) is 11.7. The molecule has 9 heteroatoms. The van der Waals surface area contributed by atoms with Crippen molar-refractivity contribution in [2.45, 2.75) is 31.7 Å². The van der Waals surface area contributed by atoms with Gasteiger partial charge in [-0.05, 0) is 24.1 Å². The quantitative estimate of drug-likeness (QED) is 0.315. The molecule has 0 saturated carbocycles. The second-order valence-corrected chi connectivity index (χ2v) is 5.91. The molecule has 124 valence electrons. The number of benzene rings is 1. The average Bonchev–Trinajstić information content (AvgIpc) is 2.37. The lowest BCUT2D eigenvalue weighted by Gasteiger charge is -2.12. The standard InChI is InChI=1S/C13H15F3O5S/c1-2-3-6-20-11-7-10(4-5-17)8-12(9-11)21-22(18,19)13(14,15)16/h5,7-9H,2-4,6H2,1H3. The van der Waals surface area contributed by atoms with Gasteiger partial charge in [-0.1, -0.05) is 13.3 Å². The highest BCUT2D eigenvalue weighted by atomic mass is 32.2. The normalized spacial score (nSPS) is 12.0. The van der Waals surface area contributed by atoms with E-state index in [2.05, 4.69) is 4.18 Å². The number of carbonyl (C=O) groups is 1. The number of rotatable bonds is 8. The van der Waals surface area contributed by atoms with E-state index in [1.165, 1.54) is 6.07 Å². The molecule has 0 saturated heterocycles. The van der Waals surface area contributed by atoms with Gasteiger partial charge in [0.1, 0.15) is 17.8 Å². The lowest BCUT2D eigenvalue weighted by atomic mass is 10.1. The molecule has 0 amide bonds. The molecule has 0 fully saturated rings.